The Morgan fingerprint density at radius 2 is 2.10 bits per heavy atom. The van der Waals surface area contributed by atoms with Crippen molar-refractivity contribution in [3.63, 3.8) is 0 Å². The van der Waals surface area contributed by atoms with Crippen molar-refractivity contribution in [1.29, 1.82) is 0 Å². The minimum absolute atomic E-state index is 0.00192. The van der Waals surface area contributed by atoms with Crippen molar-refractivity contribution in [3.05, 3.63) is 23.8 Å². The van der Waals surface area contributed by atoms with Crippen molar-refractivity contribution in [3.8, 4) is 5.75 Å². The first kappa shape index (κ1) is 15.3. The number of sulfonamides is 1. The average molecular weight is 362 g/mol. The molecule has 1 aliphatic heterocycles. The van der Waals surface area contributed by atoms with E-state index in [0.717, 1.165) is 5.56 Å². The normalized spacial score (nSPS) is 18.0. The largest absolute Gasteiger partial charge is 0.486 e. The molecule has 20 heavy (non-hydrogen) atoms. The van der Waals surface area contributed by atoms with Gasteiger partial charge in [-0.05, 0) is 32.4 Å². The first-order valence-corrected chi connectivity index (χ1v) is 8.54. The highest BCUT2D eigenvalue weighted by Gasteiger charge is 2.35. The number of hydrogen-bond acceptors (Lipinski definition) is 4. The Balaban J connectivity index is 2.41. The Labute approximate surface area is 126 Å². The van der Waals surface area contributed by atoms with Crippen molar-refractivity contribution in [2.45, 2.75) is 42.5 Å². The second-order valence-corrected chi connectivity index (χ2v) is 8.39. The first-order chi connectivity index (χ1) is 9.12. The summed E-state index contributed by atoms with van der Waals surface area (Å²) in [5.41, 5.74) is 0.387. The molecule has 110 valence electrons. The number of hydrogen-bond donors (Lipinski definition) is 1. The predicted molar refractivity (Wildman–Crippen MR) is 78.6 cm³/mol. The van der Waals surface area contributed by atoms with Crippen LogP contribution in [0.5, 0.6) is 5.75 Å². The number of rotatable bonds is 3. The van der Waals surface area contributed by atoms with Crippen LogP contribution >= 0.6 is 15.9 Å². The summed E-state index contributed by atoms with van der Waals surface area (Å²) in [6, 6.07) is 4.92. The lowest BCUT2D eigenvalue weighted by atomic mass is 10.0. The fourth-order valence-electron chi connectivity index (χ4n) is 2.07. The summed E-state index contributed by atoms with van der Waals surface area (Å²) in [7, 11) is -3.93. The molecule has 1 aromatic rings. The maximum Gasteiger partial charge on any atom is 0.267 e. The third kappa shape index (κ3) is 2.98. The van der Waals surface area contributed by atoms with Gasteiger partial charge in [0, 0.05) is 6.42 Å². The molecule has 0 bridgehead atoms. The highest BCUT2D eigenvalue weighted by Crippen LogP contribution is 2.39. The summed E-state index contributed by atoms with van der Waals surface area (Å²) in [5.74, 6) is -0.278. The maximum atomic E-state index is 12.3. The highest BCUT2D eigenvalue weighted by molar-refractivity contribution is 9.10. The number of amides is 1. The molecule has 2 rings (SSSR count). The predicted octanol–water partition coefficient (Wildman–Crippen LogP) is 1.99. The minimum atomic E-state index is -3.93. The first-order valence-electron chi connectivity index (χ1n) is 6.14. The van der Waals surface area contributed by atoms with Crippen LogP contribution in [0, 0.1) is 0 Å². The Morgan fingerprint density at radius 3 is 2.70 bits per heavy atom. The molecule has 1 aromatic carbocycles. The zero-order valence-electron chi connectivity index (χ0n) is 11.4. The van der Waals surface area contributed by atoms with Crippen LogP contribution in [0.3, 0.4) is 0 Å². The third-order valence-corrected chi connectivity index (χ3v) is 4.73. The van der Waals surface area contributed by atoms with Gasteiger partial charge in [-0.25, -0.2) is 13.1 Å². The van der Waals surface area contributed by atoms with Gasteiger partial charge < -0.3 is 4.74 Å². The number of para-hydroxylation sites is 1. The van der Waals surface area contributed by atoms with Crippen molar-refractivity contribution < 1.29 is 17.9 Å². The molecule has 1 heterocycles. The Kier molecular flexibility index (Phi) is 3.85. The van der Waals surface area contributed by atoms with Crippen LogP contribution in [0.15, 0.2) is 23.1 Å². The average Bonchev–Trinajstić information content (AvgIpc) is 2.61. The molecule has 0 spiro atoms. The molecule has 1 aliphatic rings. The summed E-state index contributed by atoms with van der Waals surface area (Å²) in [4.78, 5) is 11.0. The molecule has 0 saturated heterocycles. The van der Waals surface area contributed by atoms with Gasteiger partial charge in [-0.1, -0.05) is 28.1 Å². The highest BCUT2D eigenvalue weighted by atomic mass is 79.9. The van der Waals surface area contributed by atoms with Gasteiger partial charge in [-0.15, -0.1) is 0 Å². The molecule has 5 nitrogen and oxygen atoms in total. The minimum Gasteiger partial charge on any atom is -0.486 e. The summed E-state index contributed by atoms with van der Waals surface area (Å²) in [5, 5.41) is 0. The molecule has 0 aromatic heterocycles. The fourth-order valence-corrected chi connectivity index (χ4v) is 3.56. The van der Waals surface area contributed by atoms with E-state index >= 15 is 0 Å². The second kappa shape index (κ2) is 5.04. The van der Waals surface area contributed by atoms with E-state index < -0.39 is 26.4 Å². The van der Waals surface area contributed by atoms with Crippen LogP contribution in [0.2, 0.25) is 0 Å². The molecule has 1 amide bonds. The molecule has 7 heteroatoms. The summed E-state index contributed by atoms with van der Waals surface area (Å²) >= 11 is 3.04. The van der Waals surface area contributed by atoms with E-state index in [4.69, 9.17) is 4.74 Å². The van der Waals surface area contributed by atoms with E-state index in [-0.39, 0.29) is 4.90 Å². The van der Waals surface area contributed by atoms with Crippen LogP contribution in [-0.4, -0.2) is 24.8 Å². The van der Waals surface area contributed by atoms with E-state index in [0.29, 0.717) is 12.2 Å². The van der Waals surface area contributed by atoms with E-state index in [2.05, 4.69) is 15.9 Å². The van der Waals surface area contributed by atoms with Gasteiger partial charge in [-0.3, -0.25) is 4.79 Å². The van der Waals surface area contributed by atoms with Crippen LogP contribution in [0.25, 0.3) is 0 Å². The van der Waals surface area contributed by atoms with Crippen LogP contribution in [-0.2, 0) is 21.2 Å². The van der Waals surface area contributed by atoms with Gasteiger partial charge in [0.2, 0.25) is 5.91 Å². The van der Waals surface area contributed by atoms with Crippen molar-refractivity contribution in [2.24, 2.45) is 0 Å². The number of fused-ring (bicyclic) bond motifs is 1. The van der Waals surface area contributed by atoms with E-state index in [9.17, 15) is 13.2 Å². The van der Waals surface area contributed by atoms with Crippen LogP contribution in [0.4, 0.5) is 0 Å². The van der Waals surface area contributed by atoms with Gasteiger partial charge in [-0.2, -0.15) is 0 Å². The molecule has 0 aliphatic carbocycles. The Bertz CT molecular complexity index is 652. The Morgan fingerprint density at radius 1 is 1.45 bits per heavy atom. The molecule has 0 radical (unpaired) electrons. The van der Waals surface area contributed by atoms with Crippen LogP contribution in [0.1, 0.15) is 26.3 Å². The van der Waals surface area contributed by atoms with E-state index in [1.54, 1.807) is 13.0 Å². The molecule has 0 saturated carbocycles. The third-order valence-electron chi connectivity index (χ3n) is 2.94. The topological polar surface area (TPSA) is 72.5 Å². The quantitative estimate of drug-likeness (QED) is 0.835. The van der Waals surface area contributed by atoms with Gasteiger partial charge in [0.05, 0.1) is 4.83 Å². The fraction of sp³-hybridized carbons (Fsp3) is 0.462. The maximum absolute atomic E-state index is 12.3. The summed E-state index contributed by atoms with van der Waals surface area (Å²) in [6.07, 6.45) is 0.633. The molecular formula is C13H16BrNO4S. The molecular weight excluding hydrogens is 346 g/mol. The van der Waals surface area contributed by atoms with Crippen molar-refractivity contribution in [2.75, 3.05) is 0 Å². The smallest absolute Gasteiger partial charge is 0.267 e. The number of carbonyl (C=O) groups excluding carboxylic acids is 1. The van der Waals surface area contributed by atoms with Gasteiger partial charge in [0.1, 0.15) is 16.2 Å². The number of benzene rings is 1. The number of halogens is 1. The summed E-state index contributed by atoms with van der Waals surface area (Å²) in [6.45, 7) is 5.34. The number of nitrogens with one attached hydrogen (secondary N) is 1. The molecule has 1 unspecified atom stereocenters. The SMILES string of the molecule is CC(Br)C(=O)NS(=O)(=O)c1cccc2c1OC(C)(C)C2. The monoisotopic (exact) mass is 361 g/mol. The Hall–Kier alpha value is -1.08. The number of alkyl halides is 1. The van der Waals surface area contributed by atoms with E-state index in [1.807, 2.05) is 24.6 Å². The van der Waals surface area contributed by atoms with Gasteiger partial charge in [0.25, 0.3) is 10.0 Å². The molecule has 1 N–H and O–H groups in total. The number of ether oxygens (including phenoxy) is 1. The van der Waals surface area contributed by atoms with Gasteiger partial charge in [0.15, 0.2) is 0 Å². The molecule has 0 fully saturated rings. The van der Waals surface area contributed by atoms with Crippen molar-refractivity contribution in [1.82, 2.24) is 4.72 Å². The lowest BCUT2D eigenvalue weighted by molar-refractivity contribution is -0.118. The van der Waals surface area contributed by atoms with Crippen LogP contribution < -0.4 is 9.46 Å². The standard InChI is InChI=1S/C13H16BrNO4S/c1-8(14)12(16)15-20(17,18)10-6-4-5-9-7-13(2,3)19-11(9)10/h4-6,8H,7H2,1-3H3,(H,15,16). The summed E-state index contributed by atoms with van der Waals surface area (Å²) < 4.78 is 32.3. The lowest BCUT2D eigenvalue weighted by Gasteiger charge is -2.18. The lowest BCUT2D eigenvalue weighted by Crippen LogP contribution is -2.35. The molecule has 1 atom stereocenters. The van der Waals surface area contributed by atoms with Gasteiger partial charge >= 0.3 is 0 Å². The second-order valence-electron chi connectivity index (χ2n) is 5.37. The van der Waals surface area contributed by atoms with E-state index in [1.165, 1.54) is 6.07 Å². The zero-order valence-corrected chi connectivity index (χ0v) is 13.8. The number of carbonyl (C=O) groups is 1. The van der Waals surface area contributed by atoms with Crippen molar-refractivity contribution >= 4 is 31.9 Å². The zero-order chi connectivity index (χ0) is 15.1.